The minimum absolute atomic E-state index is 0.0571. The number of hydrogen-bond acceptors (Lipinski definition) is 8. The molecule has 1 N–H and O–H groups in total. The summed E-state index contributed by atoms with van der Waals surface area (Å²) >= 11 is 0. The van der Waals surface area contributed by atoms with Gasteiger partial charge in [-0.2, -0.15) is 0 Å². The molecule has 0 saturated carbocycles. The SMILES string of the molecule is CC(C)(C)C(=O)Nc1cccc(C(=O)OCc2nnc(-c3ccc([N+](=O)[O-])cc3)o2)c1. The van der Waals surface area contributed by atoms with Crippen molar-refractivity contribution in [3.8, 4) is 11.5 Å². The zero-order chi connectivity index (χ0) is 22.6. The van der Waals surface area contributed by atoms with Crippen molar-refractivity contribution in [1.29, 1.82) is 0 Å². The molecule has 0 radical (unpaired) electrons. The molecule has 0 aliphatic heterocycles. The quantitative estimate of drug-likeness (QED) is 0.356. The van der Waals surface area contributed by atoms with Crippen LogP contribution in [-0.2, 0) is 16.1 Å². The number of nitrogens with zero attached hydrogens (tertiary/aromatic N) is 3. The van der Waals surface area contributed by atoms with E-state index in [1.54, 1.807) is 39.0 Å². The number of nitro benzene ring substituents is 1. The van der Waals surface area contributed by atoms with Crippen molar-refractivity contribution < 1.29 is 23.7 Å². The molecular formula is C21H20N4O6. The predicted molar refractivity (Wildman–Crippen MR) is 110 cm³/mol. The molecule has 0 aliphatic carbocycles. The van der Waals surface area contributed by atoms with E-state index in [-0.39, 0.29) is 35.5 Å². The molecular weight excluding hydrogens is 404 g/mol. The molecule has 1 heterocycles. The van der Waals surface area contributed by atoms with Crippen LogP contribution in [-0.4, -0.2) is 27.0 Å². The summed E-state index contributed by atoms with van der Waals surface area (Å²) in [6, 6.07) is 12.0. The van der Waals surface area contributed by atoms with E-state index in [9.17, 15) is 19.7 Å². The summed E-state index contributed by atoms with van der Waals surface area (Å²) in [6.07, 6.45) is 0. The summed E-state index contributed by atoms with van der Waals surface area (Å²) in [5.74, 6) is -0.587. The summed E-state index contributed by atoms with van der Waals surface area (Å²) in [5.41, 5.74) is 0.598. The number of aromatic nitrogens is 2. The van der Waals surface area contributed by atoms with E-state index in [4.69, 9.17) is 9.15 Å². The second-order valence-corrected chi connectivity index (χ2v) is 7.67. The Balaban J connectivity index is 1.62. The lowest BCUT2D eigenvalue weighted by Gasteiger charge is -2.17. The molecule has 10 nitrogen and oxygen atoms in total. The average molecular weight is 424 g/mol. The molecule has 0 atom stereocenters. The molecule has 0 aliphatic rings. The lowest BCUT2D eigenvalue weighted by Crippen LogP contribution is -2.27. The molecule has 0 unspecified atom stereocenters. The molecule has 3 rings (SSSR count). The number of non-ortho nitro benzene ring substituents is 1. The van der Waals surface area contributed by atoms with Gasteiger partial charge in [0.2, 0.25) is 11.8 Å². The highest BCUT2D eigenvalue weighted by Gasteiger charge is 2.21. The van der Waals surface area contributed by atoms with E-state index in [1.807, 2.05) is 0 Å². The molecule has 31 heavy (non-hydrogen) atoms. The lowest BCUT2D eigenvalue weighted by molar-refractivity contribution is -0.384. The second-order valence-electron chi connectivity index (χ2n) is 7.67. The predicted octanol–water partition coefficient (Wildman–Crippen LogP) is 3.99. The summed E-state index contributed by atoms with van der Waals surface area (Å²) in [7, 11) is 0. The Morgan fingerprint density at radius 3 is 2.48 bits per heavy atom. The summed E-state index contributed by atoms with van der Waals surface area (Å²) in [4.78, 5) is 34.7. The molecule has 0 fully saturated rings. The van der Waals surface area contributed by atoms with Crippen molar-refractivity contribution in [2.75, 3.05) is 5.32 Å². The van der Waals surface area contributed by atoms with E-state index >= 15 is 0 Å². The highest BCUT2D eigenvalue weighted by molar-refractivity contribution is 5.96. The molecule has 0 bridgehead atoms. The summed E-state index contributed by atoms with van der Waals surface area (Å²) in [6.45, 7) is 5.11. The number of rotatable bonds is 6. The van der Waals surface area contributed by atoms with E-state index < -0.39 is 16.3 Å². The molecule has 0 saturated heterocycles. The smallest absolute Gasteiger partial charge is 0.338 e. The van der Waals surface area contributed by atoms with Gasteiger partial charge in [0.05, 0.1) is 10.5 Å². The molecule has 2 aromatic carbocycles. The molecule has 10 heteroatoms. The Hall–Kier alpha value is -4.08. The second kappa shape index (κ2) is 8.74. The normalized spacial score (nSPS) is 11.1. The van der Waals surface area contributed by atoms with Gasteiger partial charge >= 0.3 is 5.97 Å². The lowest BCUT2D eigenvalue weighted by atomic mass is 9.95. The van der Waals surface area contributed by atoms with Gasteiger partial charge in [-0.05, 0) is 30.3 Å². The van der Waals surface area contributed by atoms with Crippen LogP contribution in [0.5, 0.6) is 0 Å². The van der Waals surface area contributed by atoms with Crippen LogP contribution in [0.1, 0.15) is 37.0 Å². The van der Waals surface area contributed by atoms with Crippen LogP contribution in [0.3, 0.4) is 0 Å². The van der Waals surface area contributed by atoms with Crippen LogP contribution in [0.2, 0.25) is 0 Å². The van der Waals surface area contributed by atoms with Gasteiger partial charge in [0.15, 0.2) is 6.61 Å². The maximum atomic E-state index is 12.3. The molecule has 3 aromatic rings. The van der Waals surface area contributed by atoms with E-state index in [2.05, 4.69) is 15.5 Å². The van der Waals surface area contributed by atoms with Crippen LogP contribution in [0, 0.1) is 15.5 Å². The first-order chi connectivity index (χ1) is 14.6. The van der Waals surface area contributed by atoms with Gasteiger partial charge in [-0.1, -0.05) is 26.8 Å². The average Bonchev–Trinajstić information content (AvgIpc) is 3.20. The fourth-order valence-electron chi connectivity index (χ4n) is 2.41. The van der Waals surface area contributed by atoms with Gasteiger partial charge in [0.1, 0.15) is 0 Å². The van der Waals surface area contributed by atoms with Crippen LogP contribution in [0.4, 0.5) is 11.4 Å². The van der Waals surface area contributed by atoms with Crippen molar-refractivity contribution in [3.63, 3.8) is 0 Å². The van der Waals surface area contributed by atoms with Gasteiger partial charge in [0.25, 0.3) is 11.6 Å². The van der Waals surface area contributed by atoms with Gasteiger partial charge in [0, 0.05) is 28.8 Å². The number of nitrogens with one attached hydrogen (secondary N) is 1. The standard InChI is InChI=1S/C21H20N4O6/c1-21(2,3)20(27)22-15-6-4-5-14(11-15)19(26)30-12-17-23-24-18(31-17)13-7-9-16(10-8-13)25(28)29/h4-11H,12H2,1-3H3,(H,22,27). The third-order valence-corrected chi connectivity index (χ3v) is 4.16. The first kappa shape index (κ1) is 21.6. The van der Waals surface area contributed by atoms with Gasteiger partial charge in [-0.25, -0.2) is 4.79 Å². The van der Waals surface area contributed by atoms with Crippen molar-refractivity contribution in [2.24, 2.45) is 5.41 Å². The maximum Gasteiger partial charge on any atom is 0.338 e. The molecule has 1 amide bonds. The number of anilines is 1. The number of hydrogen-bond donors (Lipinski definition) is 1. The van der Waals surface area contributed by atoms with Crippen LogP contribution in [0.25, 0.3) is 11.5 Å². The number of carbonyl (C=O) groups excluding carboxylic acids is 2. The first-order valence-corrected chi connectivity index (χ1v) is 9.29. The fourth-order valence-corrected chi connectivity index (χ4v) is 2.41. The summed E-state index contributed by atoms with van der Waals surface area (Å²) in [5, 5.41) is 21.1. The fraction of sp³-hybridized carbons (Fsp3) is 0.238. The van der Waals surface area contributed by atoms with E-state index in [0.717, 1.165) is 0 Å². The number of benzene rings is 2. The highest BCUT2D eigenvalue weighted by Crippen LogP contribution is 2.22. The Morgan fingerprint density at radius 1 is 1.13 bits per heavy atom. The van der Waals surface area contributed by atoms with E-state index in [1.165, 1.54) is 30.3 Å². The van der Waals surface area contributed by atoms with Crippen molar-refractivity contribution in [3.05, 3.63) is 70.1 Å². The van der Waals surface area contributed by atoms with Crippen molar-refractivity contribution in [2.45, 2.75) is 27.4 Å². The van der Waals surface area contributed by atoms with Gasteiger partial charge in [-0.15, -0.1) is 10.2 Å². The number of nitro groups is 1. The van der Waals surface area contributed by atoms with Crippen molar-refractivity contribution in [1.82, 2.24) is 10.2 Å². The van der Waals surface area contributed by atoms with Crippen molar-refractivity contribution >= 4 is 23.3 Å². The monoisotopic (exact) mass is 424 g/mol. The largest absolute Gasteiger partial charge is 0.452 e. The third-order valence-electron chi connectivity index (χ3n) is 4.16. The van der Waals surface area contributed by atoms with E-state index in [0.29, 0.717) is 11.3 Å². The Bertz CT molecular complexity index is 1120. The maximum absolute atomic E-state index is 12.3. The summed E-state index contributed by atoms with van der Waals surface area (Å²) < 4.78 is 10.6. The molecule has 1 aromatic heterocycles. The Morgan fingerprint density at radius 2 is 1.84 bits per heavy atom. The topological polar surface area (TPSA) is 137 Å². The minimum Gasteiger partial charge on any atom is -0.452 e. The van der Waals surface area contributed by atoms with Crippen LogP contribution in [0.15, 0.2) is 52.9 Å². The Labute approximate surface area is 177 Å². The number of ether oxygens (including phenoxy) is 1. The number of carbonyl (C=O) groups is 2. The first-order valence-electron chi connectivity index (χ1n) is 9.29. The number of esters is 1. The molecule has 0 spiro atoms. The zero-order valence-electron chi connectivity index (χ0n) is 17.1. The number of amides is 1. The van der Waals surface area contributed by atoms with Gasteiger partial charge < -0.3 is 14.5 Å². The third kappa shape index (κ3) is 5.50. The Kier molecular flexibility index (Phi) is 6.10. The van der Waals surface area contributed by atoms with Gasteiger partial charge in [-0.3, -0.25) is 14.9 Å². The highest BCUT2D eigenvalue weighted by atomic mass is 16.6. The van der Waals surface area contributed by atoms with Crippen LogP contribution < -0.4 is 5.32 Å². The zero-order valence-corrected chi connectivity index (χ0v) is 17.1. The molecule has 160 valence electrons. The minimum atomic E-state index is -0.623. The van der Waals surface area contributed by atoms with Crippen LogP contribution >= 0.6 is 0 Å².